The highest BCUT2D eigenvalue weighted by molar-refractivity contribution is 7.89. The van der Waals surface area contributed by atoms with Crippen molar-refractivity contribution in [3.63, 3.8) is 0 Å². The van der Waals surface area contributed by atoms with Crippen LogP contribution in [0.4, 0.5) is 0 Å². The fraction of sp³-hybridized carbons (Fsp3) is 0.538. The lowest BCUT2D eigenvalue weighted by molar-refractivity contribution is 0.569. The van der Waals surface area contributed by atoms with Crippen LogP contribution in [-0.2, 0) is 15.4 Å². The van der Waals surface area contributed by atoms with Crippen LogP contribution in [0.2, 0.25) is 0 Å². The second-order valence-corrected chi connectivity index (χ2v) is 7.00. The second kappa shape index (κ2) is 4.64. The first-order valence-corrected chi connectivity index (χ1v) is 7.71. The molecule has 0 heterocycles. The average Bonchev–Trinajstić information content (AvgIpc) is 3.08. The van der Waals surface area contributed by atoms with Crippen molar-refractivity contribution < 1.29 is 8.42 Å². The standard InChI is InChI=1S/C13H20N2O2S/c1-10(2)15-18(16,17)12-5-3-11(4-6-12)13(9-14)7-8-13/h3-6,10,15H,7-9,14H2,1-2H3. The minimum Gasteiger partial charge on any atom is -0.330 e. The molecule has 1 aliphatic carbocycles. The predicted molar refractivity (Wildman–Crippen MR) is 71.9 cm³/mol. The van der Waals surface area contributed by atoms with Crippen LogP contribution in [0, 0.1) is 0 Å². The molecule has 18 heavy (non-hydrogen) atoms. The van der Waals surface area contributed by atoms with Crippen molar-refractivity contribution >= 4 is 10.0 Å². The number of nitrogens with one attached hydrogen (secondary N) is 1. The van der Waals surface area contributed by atoms with Gasteiger partial charge in [-0.1, -0.05) is 12.1 Å². The number of rotatable bonds is 5. The van der Waals surface area contributed by atoms with Crippen LogP contribution < -0.4 is 10.5 Å². The molecule has 0 radical (unpaired) electrons. The Bertz CT molecular complexity index is 516. The number of hydrogen-bond donors (Lipinski definition) is 2. The van der Waals surface area contributed by atoms with E-state index in [9.17, 15) is 8.42 Å². The summed E-state index contributed by atoms with van der Waals surface area (Å²) in [6.45, 7) is 4.24. The molecule has 2 rings (SSSR count). The summed E-state index contributed by atoms with van der Waals surface area (Å²) in [5, 5.41) is 0. The molecule has 0 unspecified atom stereocenters. The maximum absolute atomic E-state index is 12.0. The Hall–Kier alpha value is -0.910. The summed E-state index contributed by atoms with van der Waals surface area (Å²) in [6, 6.07) is 6.99. The largest absolute Gasteiger partial charge is 0.330 e. The van der Waals surface area contributed by atoms with Crippen molar-refractivity contribution in [2.24, 2.45) is 5.73 Å². The highest BCUT2D eigenvalue weighted by Crippen LogP contribution is 2.47. The molecule has 1 fully saturated rings. The van der Waals surface area contributed by atoms with Crippen molar-refractivity contribution in [1.82, 2.24) is 4.72 Å². The van der Waals surface area contributed by atoms with E-state index in [1.54, 1.807) is 26.0 Å². The van der Waals surface area contributed by atoms with Crippen molar-refractivity contribution in [3.05, 3.63) is 29.8 Å². The Morgan fingerprint density at radius 1 is 1.28 bits per heavy atom. The third-order valence-electron chi connectivity index (χ3n) is 3.41. The molecule has 0 saturated heterocycles. The van der Waals surface area contributed by atoms with E-state index in [4.69, 9.17) is 5.73 Å². The lowest BCUT2D eigenvalue weighted by Gasteiger charge is -2.14. The van der Waals surface area contributed by atoms with Crippen LogP contribution in [0.15, 0.2) is 29.2 Å². The molecule has 1 aromatic rings. The van der Waals surface area contributed by atoms with Gasteiger partial charge in [0.15, 0.2) is 0 Å². The first-order valence-electron chi connectivity index (χ1n) is 6.23. The van der Waals surface area contributed by atoms with Gasteiger partial charge in [0.25, 0.3) is 0 Å². The van der Waals surface area contributed by atoms with Gasteiger partial charge in [0, 0.05) is 18.0 Å². The Labute approximate surface area is 109 Å². The summed E-state index contributed by atoms with van der Waals surface area (Å²) in [6.07, 6.45) is 2.19. The summed E-state index contributed by atoms with van der Waals surface area (Å²) in [5.74, 6) is 0. The maximum Gasteiger partial charge on any atom is 0.240 e. The molecule has 0 amide bonds. The van der Waals surface area contributed by atoms with E-state index >= 15 is 0 Å². The van der Waals surface area contributed by atoms with Crippen LogP contribution >= 0.6 is 0 Å². The van der Waals surface area contributed by atoms with E-state index in [-0.39, 0.29) is 11.5 Å². The normalized spacial score (nSPS) is 18.0. The molecule has 0 aromatic heterocycles. The van der Waals surface area contributed by atoms with Gasteiger partial charge in [0.1, 0.15) is 0 Å². The fourth-order valence-electron chi connectivity index (χ4n) is 2.13. The van der Waals surface area contributed by atoms with Gasteiger partial charge in [-0.15, -0.1) is 0 Å². The maximum atomic E-state index is 12.0. The van der Waals surface area contributed by atoms with Gasteiger partial charge in [-0.2, -0.15) is 0 Å². The molecule has 0 bridgehead atoms. The van der Waals surface area contributed by atoms with Gasteiger partial charge >= 0.3 is 0 Å². The molecule has 1 aliphatic rings. The number of benzene rings is 1. The predicted octanol–water partition coefficient (Wildman–Crippen LogP) is 1.36. The summed E-state index contributed by atoms with van der Waals surface area (Å²) in [4.78, 5) is 0.313. The highest BCUT2D eigenvalue weighted by atomic mass is 32.2. The second-order valence-electron chi connectivity index (χ2n) is 5.28. The third-order valence-corrected chi connectivity index (χ3v) is 5.09. The molecular formula is C13H20N2O2S. The van der Waals surface area contributed by atoms with Crippen LogP contribution in [0.3, 0.4) is 0 Å². The first-order chi connectivity index (χ1) is 8.39. The average molecular weight is 268 g/mol. The van der Waals surface area contributed by atoms with Crippen LogP contribution in [-0.4, -0.2) is 21.0 Å². The zero-order valence-electron chi connectivity index (χ0n) is 10.8. The van der Waals surface area contributed by atoms with E-state index in [2.05, 4.69) is 4.72 Å². The number of sulfonamides is 1. The van der Waals surface area contributed by atoms with Gasteiger partial charge in [-0.3, -0.25) is 0 Å². The van der Waals surface area contributed by atoms with E-state index in [1.165, 1.54) is 0 Å². The molecule has 3 N–H and O–H groups in total. The molecule has 1 saturated carbocycles. The Morgan fingerprint density at radius 3 is 2.22 bits per heavy atom. The lowest BCUT2D eigenvalue weighted by atomic mass is 9.96. The number of nitrogens with two attached hydrogens (primary N) is 1. The van der Waals surface area contributed by atoms with Crippen LogP contribution in [0.25, 0.3) is 0 Å². The Kier molecular flexibility index (Phi) is 3.49. The van der Waals surface area contributed by atoms with E-state index in [0.717, 1.165) is 18.4 Å². The summed E-state index contributed by atoms with van der Waals surface area (Å²) < 4.78 is 26.5. The highest BCUT2D eigenvalue weighted by Gasteiger charge is 2.42. The number of hydrogen-bond acceptors (Lipinski definition) is 3. The quantitative estimate of drug-likeness (QED) is 0.847. The molecule has 5 heteroatoms. The smallest absolute Gasteiger partial charge is 0.240 e. The van der Waals surface area contributed by atoms with Crippen molar-refractivity contribution in [3.8, 4) is 0 Å². The molecule has 4 nitrogen and oxygen atoms in total. The third kappa shape index (κ3) is 2.58. The van der Waals surface area contributed by atoms with Gasteiger partial charge in [0.2, 0.25) is 10.0 Å². The summed E-state index contributed by atoms with van der Waals surface area (Å²) >= 11 is 0. The van der Waals surface area contributed by atoms with Crippen molar-refractivity contribution in [2.45, 2.75) is 43.0 Å². The molecular weight excluding hydrogens is 248 g/mol. The lowest BCUT2D eigenvalue weighted by Crippen LogP contribution is -2.30. The zero-order chi connectivity index (χ0) is 13.4. The SMILES string of the molecule is CC(C)NS(=O)(=O)c1ccc(C2(CN)CC2)cc1. The minimum absolute atomic E-state index is 0.103. The molecule has 100 valence electrons. The topological polar surface area (TPSA) is 72.2 Å². The zero-order valence-corrected chi connectivity index (χ0v) is 11.6. The molecule has 1 aromatic carbocycles. The Morgan fingerprint density at radius 2 is 1.83 bits per heavy atom. The van der Waals surface area contributed by atoms with E-state index in [0.29, 0.717) is 11.4 Å². The summed E-state index contributed by atoms with van der Waals surface area (Å²) in [7, 11) is -3.39. The van der Waals surface area contributed by atoms with Gasteiger partial charge in [0.05, 0.1) is 4.90 Å². The van der Waals surface area contributed by atoms with Crippen LogP contribution in [0.5, 0.6) is 0 Å². The van der Waals surface area contributed by atoms with E-state index in [1.807, 2.05) is 12.1 Å². The molecule has 0 aliphatic heterocycles. The molecule has 0 atom stereocenters. The minimum atomic E-state index is -3.39. The van der Waals surface area contributed by atoms with Gasteiger partial charge < -0.3 is 5.73 Å². The first kappa shape index (κ1) is 13.5. The van der Waals surface area contributed by atoms with Gasteiger partial charge in [-0.25, -0.2) is 13.1 Å². The monoisotopic (exact) mass is 268 g/mol. The van der Waals surface area contributed by atoms with Gasteiger partial charge in [-0.05, 0) is 44.4 Å². The van der Waals surface area contributed by atoms with E-state index < -0.39 is 10.0 Å². The molecule has 0 spiro atoms. The van der Waals surface area contributed by atoms with Crippen molar-refractivity contribution in [1.29, 1.82) is 0 Å². The summed E-state index contributed by atoms with van der Waals surface area (Å²) in [5.41, 5.74) is 7.01. The van der Waals surface area contributed by atoms with Crippen molar-refractivity contribution in [2.75, 3.05) is 6.54 Å². The van der Waals surface area contributed by atoms with Crippen LogP contribution in [0.1, 0.15) is 32.3 Å². The Balaban J connectivity index is 2.23. The fourth-order valence-corrected chi connectivity index (χ4v) is 3.38.